The van der Waals surface area contributed by atoms with E-state index < -0.39 is 0 Å². The summed E-state index contributed by atoms with van der Waals surface area (Å²) in [6.07, 6.45) is 1.18. The number of nitrogens with two attached hydrogens (primary N) is 1. The van der Waals surface area contributed by atoms with Crippen LogP contribution >= 0.6 is 0 Å². The van der Waals surface area contributed by atoms with Crippen molar-refractivity contribution in [1.29, 1.82) is 0 Å². The summed E-state index contributed by atoms with van der Waals surface area (Å²) in [5, 5.41) is 2.13. The van der Waals surface area contributed by atoms with Crippen LogP contribution in [0.2, 0.25) is 0 Å². The monoisotopic (exact) mass is 172 g/mol. The van der Waals surface area contributed by atoms with Crippen LogP contribution in [0, 0.1) is 0 Å². The van der Waals surface area contributed by atoms with E-state index in [1.165, 1.54) is 6.08 Å². The maximum absolute atomic E-state index is 10.6. The largest absolute Gasteiger partial charge is 0.457 e. The van der Waals surface area contributed by atoms with Crippen molar-refractivity contribution in [2.75, 3.05) is 13.2 Å². The van der Waals surface area contributed by atoms with Gasteiger partial charge in [-0.2, -0.15) is 0 Å². The van der Waals surface area contributed by atoms with Crippen molar-refractivity contribution in [3.8, 4) is 0 Å². The van der Waals surface area contributed by atoms with Gasteiger partial charge in [-0.15, -0.1) is 0 Å². The number of hydrogen-bond donors (Lipinski definition) is 1. The van der Waals surface area contributed by atoms with E-state index in [1.54, 1.807) is 0 Å². The number of hydrogen-bond acceptors (Lipinski definition) is 2. The third-order valence-electron chi connectivity index (χ3n) is 1.29. The van der Waals surface area contributed by atoms with Crippen LogP contribution in [0.1, 0.15) is 20.8 Å². The Morgan fingerprint density at radius 2 is 2.17 bits per heavy atom. The number of ether oxygens (including phenoxy) is 1. The Morgan fingerprint density at radius 3 is 2.58 bits per heavy atom. The molecule has 0 aliphatic rings. The Kier molecular flexibility index (Phi) is 4.59. The van der Waals surface area contributed by atoms with E-state index >= 15 is 0 Å². The number of esters is 1. The molecule has 0 bridgehead atoms. The first-order valence-corrected chi connectivity index (χ1v) is 4.09. The van der Waals surface area contributed by atoms with Crippen LogP contribution in [-0.2, 0) is 9.53 Å². The highest BCUT2D eigenvalue weighted by Gasteiger charge is 2.11. The minimum Gasteiger partial charge on any atom is -0.457 e. The van der Waals surface area contributed by atoms with Gasteiger partial charge in [-0.3, -0.25) is 0 Å². The van der Waals surface area contributed by atoms with Gasteiger partial charge in [0.05, 0.1) is 5.54 Å². The zero-order chi connectivity index (χ0) is 9.61. The molecule has 0 amide bonds. The van der Waals surface area contributed by atoms with Crippen molar-refractivity contribution < 1.29 is 14.8 Å². The minimum absolute atomic E-state index is 0.195. The number of rotatable bonds is 4. The molecule has 0 radical (unpaired) electrons. The summed E-state index contributed by atoms with van der Waals surface area (Å²) in [5.74, 6) is -0.350. The molecule has 0 aliphatic heterocycles. The van der Waals surface area contributed by atoms with Crippen LogP contribution in [0.5, 0.6) is 0 Å². The molecule has 0 rings (SSSR count). The Balaban J connectivity index is 3.34. The highest BCUT2D eigenvalue weighted by atomic mass is 16.5. The molecule has 0 aromatic rings. The maximum atomic E-state index is 10.6. The van der Waals surface area contributed by atoms with E-state index in [1.807, 2.05) is 0 Å². The molecule has 3 nitrogen and oxygen atoms in total. The molecule has 2 N–H and O–H groups in total. The van der Waals surface area contributed by atoms with E-state index in [2.05, 4.69) is 32.7 Å². The topological polar surface area (TPSA) is 42.9 Å². The normalized spacial score (nSPS) is 10.9. The summed E-state index contributed by atoms with van der Waals surface area (Å²) in [6.45, 7) is 10.9. The second kappa shape index (κ2) is 4.93. The zero-order valence-corrected chi connectivity index (χ0v) is 8.09. The lowest BCUT2D eigenvalue weighted by Gasteiger charge is -2.16. The zero-order valence-electron chi connectivity index (χ0n) is 8.09. The van der Waals surface area contributed by atoms with Gasteiger partial charge >= 0.3 is 5.97 Å². The third-order valence-corrected chi connectivity index (χ3v) is 1.29. The molecular weight excluding hydrogens is 154 g/mol. The Hall–Kier alpha value is -0.830. The molecule has 0 fully saturated rings. The number of quaternary nitrogens is 1. The van der Waals surface area contributed by atoms with Crippen LogP contribution in [-0.4, -0.2) is 24.7 Å². The Labute approximate surface area is 73.8 Å². The maximum Gasteiger partial charge on any atom is 0.330 e. The van der Waals surface area contributed by atoms with Gasteiger partial charge < -0.3 is 10.1 Å². The average molecular weight is 172 g/mol. The van der Waals surface area contributed by atoms with Gasteiger partial charge in [0.25, 0.3) is 0 Å². The smallest absolute Gasteiger partial charge is 0.330 e. The molecule has 0 aromatic heterocycles. The van der Waals surface area contributed by atoms with Crippen LogP contribution in [0.3, 0.4) is 0 Å². The van der Waals surface area contributed by atoms with Crippen LogP contribution in [0.4, 0.5) is 0 Å². The molecule has 0 saturated carbocycles. The summed E-state index contributed by atoms with van der Waals surface area (Å²) in [5.41, 5.74) is 0.195. The lowest BCUT2D eigenvalue weighted by Crippen LogP contribution is -2.95. The van der Waals surface area contributed by atoms with E-state index in [4.69, 9.17) is 4.74 Å². The van der Waals surface area contributed by atoms with E-state index in [0.29, 0.717) is 6.61 Å². The standard InChI is InChI=1S/C9H17NO2/c1-5-8(11)12-7-6-10-9(2,3)4/h5,10H,1,6-7H2,2-4H3/p+1. The molecule has 0 aliphatic carbocycles. The van der Waals surface area contributed by atoms with E-state index in [0.717, 1.165) is 6.54 Å². The molecule has 0 atom stereocenters. The lowest BCUT2D eigenvalue weighted by molar-refractivity contribution is -0.717. The molecule has 3 heteroatoms. The summed E-state index contributed by atoms with van der Waals surface area (Å²) < 4.78 is 4.80. The molecular formula is C9H18NO2+. The second-order valence-corrected chi connectivity index (χ2v) is 3.73. The molecule has 0 saturated heterocycles. The molecule has 0 spiro atoms. The molecule has 12 heavy (non-hydrogen) atoms. The van der Waals surface area contributed by atoms with Gasteiger partial charge in [0.1, 0.15) is 13.2 Å². The summed E-state index contributed by atoms with van der Waals surface area (Å²) in [4.78, 5) is 10.6. The summed E-state index contributed by atoms with van der Waals surface area (Å²) >= 11 is 0. The molecule has 0 unspecified atom stereocenters. The van der Waals surface area contributed by atoms with Gasteiger partial charge in [0.2, 0.25) is 0 Å². The van der Waals surface area contributed by atoms with Gasteiger partial charge in [0.15, 0.2) is 0 Å². The fourth-order valence-electron chi connectivity index (χ4n) is 0.710. The molecule has 0 heterocycles. The Morgan fingerprint density at radius 1 is 1.58 bits per heavy atom. The first-order valence-electron chi connectivity index (χ1n) is 4.09. The fraction of sp³-hybridized carbons (Fsp3) is 0.667. The highest BCUT2D eigenvalue weighted by Crippen LogP contribution is 1.87. The lowest BCUT2D eigenvalue weighted by atomic mass is 10.1. The van der Waals surface area contributed by atoms with E-state index in [9.17, 15) is 4.79 Å². The molecule has 70 valence electrons. The second-order valence-electron chi connectivity index (χ2n) is 3.73. The van der Waals surface area contributed by atoms with E-state index in [-0.39, 0.29) is 11.5 Å². The van der Waals surface area contributed by atoms with Crippen LogP contribution in [0.15, 0.2) is 12.7 Å². The third kappa shape index (κ3) is 7.28. The predicted octanol–water partition coefficient (Wildman–Crippen LogP) is 0.0775. The average Bonchev–Trinajstić information content (AvgIpc) is 1.96. The van der Waals surface area contributed by atoms with Gasteiger partial charge in [-0.1, -0.05) is 6.58 Å². The predicted molar refractivity (Wildman–Crippen MR) is 47.7 cm³/mol. The van der Waals surface area contributed by atoms with Gasteiger partial charge in [-0.05, 0) is 20.8 Å². The minimum atomic E-state index is -0.350. The summed E-state index contributed by atoms with van der Waals surface area (Å²) in [7, 11) is 0. The van der Waals surface area contributed by atoms with Gasteiger partial charge in [0, 0.05) is 6.08 Å². The van der Waals surface area contributed by atoms with Crippen molar-refractivity contribution in [2.45, 2.75) is 26.3 Å². The summed E-state index contributed by atoms with van der Waals surface area (Å²) in [6, 6.07) is 0. The first-order chi connectivity index (χ1) is 5.45. The van der Waals surface area contributed by atoms with Crippen molar-refractivity contribution in [2.24, 2.45) is 0 Å². The number of carbonyl (C=O) groups excluding carboxylic acids is 1. The van der Waals surface area contributed by atoms with Crippen LogP contribution < -0.4 is 5.32 Å². The van der Waals surface area contributed by atoms with Crippen molar-refractivity contribution >= 4 is 5.97 Å². The van der Waals surface area contributed by atoms with Crippen molar-refractivity contribution in [3.63, 3.8) is 0 Å². The van der Waals surface area contributed by atoms with Crippen molar-refractivity contribution in [3.05, 3.63) is 12.7 Å². The van der Waals surface area contributed by atoms with Crippen LogP contribution in [0.25, 0.3) is 0 Å². The van der Waals surface area contributed by atoms with Gasteiger partial charge in [-0.25, -0.2) is 4.79 Å². The first kappa shape index (κ1) is 11.2. The quantitative estimate of drug-likeness (QED) is 0.371. The van der Waals surface area contributed by atoms with Crippen molar-refractivity contribution in [1.82, 2.24) is 0 Å². The Bertz CT molecular complexity index is 158. The SMILES string of the molecule is C=CC(=O)OCC[NH2+]C(C)(C)C. The fourth-order valence-corrected chi connectivity index (χ4v) is 0.710. The molecule has 0 aromatic carbocycles. The number of carbonyl (C=O) groups is 1. The highest BCUT2D eigenvalue weighted by molar-refractivity contribution is 5.81.